The van der Waals surface area contributed by atoms with Crippen molar-refractivity contribution in [2.45, 2.75) is 32.2 Å². The number of aromatic nitrogens is 3. The molecule has 0 bridgehead atoms. The lowest BCUT2D eigenvalue weighted by Crippen LogP contribution is -2.34. The molecule has 1 aliphatic heterocycles. The van der Waals surface area contributed by atoms with E-state index in [4.69, 9.17) is 0 Å². The molecule has 1 aliphatic rings. The number of nitrogens with zero attached hydrogens (tertiary/aromatic N) is 4. The van der Waals surface area contributed by atoms with E-state index in [1.807, 2.05) is 12.4 Å². The molecular weight excluding hydrogens is 256 g/mol. The topological polar surface area (TPSA) is 34.0 Å². The Balaban J connectivity index is 1.66. The second-order valence-corrected chi connectivity index (χ2v) is 6.39. The molecule has 0 saturated carbocycles. The number of aryl methyl sites for hydroxylation is 2. The van der Waals surface area contributed by atoms with Gasteiger partial charge in [-0.05, 0) is 26.3 Å². The van der Waals surface area contributed by atoms with Crippen molar-refractivity contribution in [2.24, 2.45) is 7.05 Å². The van der Waals surface area contributed by atoms with Crippen LogP contribution in [0.2, 0.25) is 0 Å². The molecule has 1 fully saturated rings. The Kier molecular flexibility index (Phi) is 3.66. The van der Waals surface area contributed by atoms with Crippen molar-refractivity contribution in [3.8, 4) is 0 Å². The highest BCUT2D eigenvalue weighted by molar-refractivity contribution is 7.09. The fourth-order valence-corrected chi connectivity index (χ4v) is 3.49. The van der Waals surface area contributed by atoms with Gasteiger partial charge in [0.2, 0.25) is 0 Å². The molecule has 1 saturated heterocycles. The molecule has 0 aliphatic carbocycles. The van der Waals surface area contributed by atoms with E-state index in [1.165, 1.54) is 30.9 Å². The number of likely N-dealkylation sites (tertiary alicyclic amines) is 1. The van der Waals surface area contributed by atoms with Gasteiger partial charge in [-0.25, -0.2) is 9.97 Å². The van der Waals surface area contributed by atoms with Crippen LogP contribution in [0.5, 0.6) is 0 Å². The summed E-state index contributed by atoms with van der Waals surface area (Å²) in [5, 5.41) is 3.34. The van der Waals surface area contributed by atoms with E-state index in [2.05, 4.69) is 38.8 Å². The molecular formula is C14H20N4S. The first kappa shape index (κ1) is 12.8. The summed E-state index contributed by atoms with van der Waals surface area (Å²) < 4.78 is 2.15. The first-order chi connectivity index (χ1) is 9.22. The average Bonchev–Trinajstić information content (AvgIpc) is 2.99. The van der Waals surface area contributed by atoms with Gasteiger partial charge in [-0.2, -0.15) is 0 Å². The normalized spacial score (nSPS) is 20.8. The van der Waals surface area contributed by atoms with E-state index in [-0.39, 0.29) is 0 Å². The molecule has 0 spiro atoms. The summed E-state index contributed by atoms with van der Waals surface area (Å²) in [6.07, 6.45) is 6.44. The third kappa shape index (κ3) is 2.87. The van der Waals surface area contributed by atoms with Crippen LogP contribution in [0.15, 0.2) is 17.8 Å². The van der Waals surface area contributed by atoms with E-state index >= 15 is 0 Å². The number of thiazole rings is 1. The van der Waals surface area contributed by atoms with Crippen LogP contribution in [-0.4, -0.2) is 32.5 Å². The first-order valence-corrected chi connectivity index (χ1v) is 7.71. The third-order valence-electron chi connectivity index (χ3n) is 3.78. The number of piperidine rings is 1. The van der Waals surface area contributed by atoms with Crippen LogP contribution >= 0.6 is 11.3 Å². The summed E-state index contributed by atoms with van der Waals surface area (Å²) in [6.45, 7) is 5.32. The largest absolute Gasteiger partial charge is 0.338 e. The van der Waals surface area contributed by atoms with Gasteiger partial charge in [0.05, 0.1) is 10.7 Å². The third-order valence-corrected chi connectivity index (χ3v) is 4.60. The SMILES string of the molecule is Cc1nc(CN2CCC[C@H](c3nccn3C)C2)cs1. The maximum Gasteiger partial charge on any atom is 0.112 e. The highest BCUT2D eigenvalue weighted by atomic mass is 32.1. The van der Waals surface area contributed by atoms with E-state index in [0.29, 0.717) is 5.92 Å². The number of hydrogen-bond donors (Lipinski definition) is 0. The Morgan fingerprint density at radius 2 is 2.37 bits per heavy atom. The predicted molar refractivity (Wildman–Crippen MR) is 77.3 cm³/mol. The lowest BCUT2D eigenvalue weighted by Gasteiger charge is -2.31. The predicted octanol–water partition coefficient (Wildman–Crippen LogP) is 2.56. The zero-order chi connectivity index (χ0) is 13.2. The Bertz CT molecular complexity index is 545. The van der Waals surface area contributed by atoms with E-state index in [0.717, 1.165) is 18.1 Å². The molecule has 3 heterocycles. The zero-order valence-corrected chi connectivity index (χ0v) is 12.4. The average molecular weight is 276 g/mol. The van der Waals surface area contributed by atoms with Crippen LogP contribution in [-0.2, 0) is 13.6 Å². The summed E-state index contributed by atoms with van der Waals surface area (Å²) in [7, 11) is 2.09. The summed E-state index contributed by atoms with van der Waals surface area (Å²) in [6, 6.07) is 0. The van der Waals surface area contributed by atoms with Crippen molar-refractivity contribution in [1.29, 1.82) is 0 Å². The van der Waals surface area contributed by atoms with Crippen molar-refractivity contribution < 1.29 is 0 Å². The highest BCUT2D eigenvalue weighted by Crippen LogP contribution is 2.26. The number of rotatable bonds is 3. The van der Waals surface area contributed by atoms with Gasteiger partial charge in [0.25, 0.3) is 0 Å². The summed E-state index contributed by atoms with van der Waals surface area (Å²) >= 11 is 1.74. The molecule has 19 heavy (non-hydrogen) atoms. The molecule has 4 nitrogen and oxygen atoms in total. The molecule has 0 amide bonds. The highest BCUT2D eigenvalue weighted by Gasteiger charge is 2.24. The summed E-state index contributed by atoms with van der Waals surface area (Å²) in [4.78, 5) is 11.6. The van der Waals surface area contributed by atoms with Crippen molar-refractivity contribution in [3.05, 3.63) is 34.3 Å². The Morgan fingerprint density at radius 3 is 3.05 bits per heavy atom. The van der Waals surface area contributed by atoms with Crippen LogP contribution in [0.25, 0.3) is 0 Å². The molecule has 0 unspecified atom stereocenters. The maximum absolute atomic E-state index is 4.57. The van der Waals surface area contributed by atoms with Crippen LogP contribution in [0, 0.1) is 6.92 Å². The number of hydrogen-bond acceptors (Lipinski definition) is 4. The fraction of sp³-hybridized carbons (Fsp3) is 0.571. The van der Waals surface area contributed by atoms with Crippen molar-refractivity contribution in [3.63, 3.8) is 0 Å². The van der Waals surface area contributed by atoms with Gasteiger partial charge in [0.1, 0.15) is 5.82 Å². The van der Waals surface area contributed by atoms with Gasteiger partial charge in [0.15, 0.2) is 0 Å². The van der Waals surface area contributed by atoms with Gasteiger partial charge in [-0.15, -0.1) is 11.3 Å². The molecule has 0 aromatic carbocycles. The molecule has 1 atom stereocenters. The van der Waals surface area contributed by atoms with Crippen LogP contribution in [0.4, 0.5) is 0 Å². The molecule has 3 rings (SSSR count). The van der Waals surface area contributed by atoms with Crippen molar-refractivity contribution >= 4 is 11.3 Å². The summed E-state index contributed by atoms with van der Waals surface area (Å²) in [5.41, 5.74) is 1.21. The van der Waals surface area contributed by atoms with E-state index in [9.17, 15) is 0 Å². The second-order valence-electron chi connectivity index (χ2n) is 5.33. The monoisotopic (exact) mass is 276 g/mol. The first-order valence-electron chi connectivity index (χ1n) is 6.83. The smallest absolute Gasteiger partial charge is 0.112 e. The van der Waals surface area contributed by atoms with Crippen LogP contribution in [0.1, 0.15) is 35.3 Å². The lowest BCUT2D eigenvalue weighted by atomic mass is 9.97. The minimum absolute atomic E-state index is 0.563. The van der Waals surface area contributed by atoms with Gasteiger partial charge in [0, 0.05) is 43.8 Å². The fourth-order valence-electron chi connectivity index (χ4n) is 2.89. The second kappa shape index (κ2) is 5.43. The standard InChI is InChI=1S/C14H20N4S/c1-11-16-13(10-19-11)9-18-6-3-4-12(8-18)14-15-5-7-17(14)2/h5,7,10,12H,3-4,6,8-9H2,1-2H3/t12-/m0/s1. The Morgan fingerprint density at radius 1 is 1.47 bits per heavy atom. The van der Waals surface area contributed by atoms with Crippen LogP contribution in [0.3, 0.4) is 0 Å². The maximum atomic E-state index is 4.57. The lowest BCUT2D eigenvalue weighted by molar-refractivity contribution is 0.193. The van der Waals surface area contributed by atoms with Gasteiger partial charge < -0.3 is 4.57 Å². The quantitative estimate of drug-likeness (QED) is 0.864. The minimum atomic E-state index is 0.563. The molecule has 0 N–H and O–H groups in total. The Hall–Kier alpha value is -1.20. The van der Waals surface area contributed by atoms with Gasteiger partial charge in [-0.1, -0.05) is 0 Å². The molecule has 2 aromatic rings. The molecule has 2 aromatic heterocycles. The van der Waals surface area contributed by atoms with Gasteiger partial charge >= 0.3 is 0 Å². The van der Waals surface area contributed by atoms with Crippen LogP contribution < -0.4 is 0 Å². The van der Waals surface area contributed by atoms with E-state index < -0.39 is 0 Å². The summed E-state index contributed by atoms with van der Waals surface area (Å²) in [5.74, 6) is 1.78. The zero-order valence-electron chi connectivity index (χ0n) is 11.5. The Labute approximate surface area is 118 Å². The molecule has 5 heteroatoms. The molecule has 0 radical (unpaired) electrons. The molecule has 102 valence electrons. The van der Waals surface area contributed by atoms with Gasteiger partial charge in [-0.3, -0.25) is 4.90 Å². The van der Waals surface area contributed by atoms with E-state index in [1.54, 1.807) is 11.3 Å². The van der Waals surface area contributed by atoms with Crippen molar-refractivity contribution in [1.82, 2.24) is 19.4 Å². The number of imidazole rings is 1. The minimum Gasteiger partial charge on any atom is -0.338 e. The van der Waals surface area contributed by atoms with Crippen molar-refractivity contribution in [2.75, 3.05) is 13.1 Å².